The van der Waals surface area contributed by atoms with E-state index in [1.807, 2.05) is 30.3 Å². The molecule has 2 aliphatic rings. The highest BCUT2D eigenvalue weighted by Gasteiger charge is 2.33. The Hall–Kier alpha value is -2.80. The number of carbonyl (C=O) groups is 2. The molecule has 1 saturated heterocycles. The molecule has 28 heavy (non-hydrogen) atoms. The minimum Gasteiger partial charge on any atom is -0.477 e. The molecule has 0 aliphatic carbocycles. The number of fused-ring (bicyclic) bond motifs is 1. The van der Waals surface area contributed by atoms with Gasteiger partial charge in [0.2, 0.25) is 5.91 Å². The number of likely N-dealkylation sites (tertiary alicyclic amines) is 1. The summed E-state index contributed by atoms with van der Waals surface area (Å²) in [6.45, 7) is 4.12. The third-order valence-electron chi connectivity index (χ3n) is 5.37. The zero-order chi connectivity index (χ0) is 19.5. The maximum atomic E-state index is 12.8. The molecule has 0 radical (unpaired) electrons. The van der Waals surface area contributed by atoms with Crippen LogP contribution in [0.5, 0.6) is 5.75 Å². The van der Waals surface area contributed by atoms with E-state index < -0.39 is 6.10 Å². The number of hydrogen-bond acceptors (Lipinski definition) is 5. The van der Waals surface area contributed by atoms with Gasteiger partial charge in [-0.25, -0.2) is 0 Å². The third kappa shape index (κ3) is 3.75. The van der Waals surface area contributed by atoms with Crippen LogP contribution >= 0.6 is 0 Å². The number of benzene rings is 1. The van der Waals surface area contributed by atoms with Crippen LogP contribution in [0.3, 0.4) is 0 Å². The van der Waals surface area contributed by atoms with Gasteiger partial charge in [0.05, 0.1) is 24.5 Å². The van der Waals surface area contributed by atoms with Crippen LogP contribution in [0, 0.1) is 0 Å². The first-order chi connectivity index (χ1) is 13.6. The molecule has 0 unspecified atom stereocenters. The van der Waals surface area contributed by atoms with E-state index in [0.29, 0.717) is 18.0 Å². The van der Waals surface area contributed by atoms with Gasteiger partial charge in [-0.1, -0.05) is 12.1 Å². The minimum absolute atomic E-state index is 0.00115. The molecule has 1 N–H and O–H groups in total. The maximum absolute atomic E-state index is 12.8. The Morgan fingerprint density at radius 3 is 2.68 bits per heavy atom. The van der Waals surface area contributed by atoms with E-state index in [4.69, 9.17) is 9.15 Å². The number of rotatable bonds is 5. The van der Waals surface area contributed by atoms with Crippen molar-refractivity contribution in [2.75, 3.05) is 31.1 Å². The van der Waals surface area contributed by atoms with Crippen molar-refractivity contribution in [2.24, 2.45) is 0 Å². The lowest BCUT2D eigenvalue weighted by Gasteiger charge is -2.34. The van der Waals surface area contributed by atoms with E-state index in [-0.39, 0.29) is 24.4 Å². The van der Waals surface area contributed by atoms with Crippen molar-refractivity contribution < 1.29 is 18.7 Å². The highest BCUT2D eigenvalue weighted by molar-refractivity contribution is 5.95. The summed E-state index contributed by atoms with van der Waals surface area (Å²) in [5.74, 6) is 1.06. The fourth-order valence-electron chi connectivity index (χ4n) is 3.92. The minimum atomic E-state index is -0.741. The number of carbonyl (C=O) groups excluding carboxylic acids is 2. The van der Waals surface area contributed by atoms with Crippen LogP contribution in [-0.4, -0.2) is 49.0 Å². The summed E-state index contributed by atoms with van der Waals surface area (Å²) in [6.07, 6.45) is 3.23. The number of nitrogens with one attached hydrogen (secondary N) is 1. The average Bonchev–Trinajstić information content (AvgIpc) is 3.41. The van der Waals surface area contributed by atoms with Crippen molar-refractivity contribution in [3.05, 3.63) is 48.4 Å². The van der Waals surface area contributed by atoms with Crippen LogP contribution in [0.1, 0.15) is 31.6 Å². The molecule has 7 heteroatoms. The summed E-state index contributed by atoms with van der Waals surface area (Å²) in [7, 11) is 0. The van der Waals surface area contributed by atoms with Crippen LogP contribution in [-0.2, 0) is 9.59 Å². The van der Waals surface area contributed by atoms with Gasteiger partial charge in [0.15, 0.2) is 6.10 Å². The lowest BCUT2D eigenvalue weighted by Crippen LogP contribution is -2.51. The van der Waals surface area contributed by atoms with E-state index in [2.05, 4.69) is 10.2 Å². The van der Waals surface area contributed by atoms with Crippen molar-refractivity contribution in [3.63, 3.8) is 0 Å². The van der Waals surface area contributed by atoms with E-state index in [1.54, 1.807) is 17.2 Å². The van der Waals surface area contributed by atoms with Gasteiger partial charge in [0.1, 0.15) is 11.5 Å². The van der Waals surface area contributed by atoms with Crippen molar-refractivity contribution in [2.45, 2.75) is 31.9 Å². The third-order valence-corrected chi connectivity index (χ3v) is 5.37. The quantitative estimate of drug-likeness (QED) is 0.858. The van der Waals surface area contributed by atoms with Crippen LogP contribution < -0.4 is 15.0 Å². The highest BCUT2D eigenvalue weighted by atomic mass is 16.5. The first-order valence-corrected chi connectivity index (χ1v) is 9.72. The standard InChI is InChI=1S/C21H25N3O4/c1-15(25)24-14-20(28-19-8-3-2-7-16(19)24)21(26)22-13-17(18-9-6-12-27-18)23-10-4-5-11-23/h2-3,6-9,12,17,20H,4-5,10-11,13-14H2,1H3,(H,22,26)/t17-,20+/m1/s1. The van der Waals surface area contributed by atoms with Crippen molar-refractivity contribution in [3.8, 4) is 5.75 Å². The molecule has 1 aromatic carbocycles. The van der Waals surface area contributed by atoms with Crippen LogP contribution in [0.2, 0.25) is 0 Å². The zero-order valence-corrected chi connectivity index (χ0v) is 16.0. The molecule has 3 heterocycles. The molecule has 0 bridgehead atoms. The average molecular weight is 383 g/mol. The van der Waals surface area contributed by atoms with E-state index in [9.17, 15) is 9.59 Å². The van der Waals surface area contributed by atoms with Gasteiger partial charge in [-0.3, -0.25) is 14.5 Å². The van der Waals surface area contributed by atoms with Crippen molar-refractivity contribution >= 4 is 17.5 Å². The molecule has 2 aliphatic heterocycles. The summed E-state index contributed by atoms with van der Waals surface area (Å²) < 4.78 is 11.5. The molecule has 0 saturated carbocycles. The molecule has 148 valence electrons. The molecule has 1 fully saturated rings. The number of amides is 2. The van der Waals surface area contributed by atoms with E-state index in [1.165, 1.54) is 6.92 Å². The molecular formula is C21H25N3O4. The molecule has 7 nitrogen and oxygen atoms in total. The van der Waals surface area contributed by atoms with Crippen LogP contribution in [0.4, 0.5) is 5.69 Å². The lowest BCUT2D eigenvalue weighted by molar-refractivity contribution is -0.128. The van der Waals surface area contributed by atoms with Gasteiger partial charge in [-0.05, 0) is 50.2 Å². The number of furan rings is 1. The second-order valence-corrected chi connectivity index (χ2v) is 7.22. The van der Waals surface area contributed by atoms with Gasteiger partial charge in [0.25, 0.3) is 5.91 Å². The summed E-state index contributed by atoms with van der Waals surface area (Å²) >= 11 is 0. The van der Waals surface area contributed by atoms with Crippen LogP contribution in [0.15, 0.2) is 47.1 Å². The van der Waals surface area contributed by atoms with Crippen molar-refractivity contribution in [1.82, 2.24) is 10.2 Å². The fraction of sp³-hybridized carbons (Fsp3) is 0.429. The topological polar surface area (TPSA) is 75.0 Å². The normalized spacial score (nSPS) is 20.3. The predicted octanol–water partition coefficient (Wildman–Crippen LogP) is 2.35. The molecular weight excluding hydrogens is 358 g/mol. The van der Waals surface area contributed by atoms with Crippen molar-refractivity contribution in [1.29, 1.82) is 0 Å². The largest absolute Gasteiger partial charge is 0.477 e. The number of ether oxygens (including phenoxy) is 1. The first-order valence-electron chi connectivity index (χ1n) is 9.72. The number of anilines is 1. The van der Waals surface area contributed by atoms with Gasteiger partial charge in [-0.15, -0.1) is 0 Å². The number of nitrogens with zero attached hydrogens (tertiary/aromatic N) is 2. The Morgan fingerprint density at radius 1 is 1.18 bits per heavy atom. The van der Waals surface area contributed by atoms with E-state index >= 15 is 0 Å². The maximum Gasteiger partial charge on any atom is 0.263 e. The van der Waals surface area contributed by atoms with E-state index in [0.717, 1.165) is 31.7 Å². The Morgan fingerprint density at radius 2 is 1.96 bits per heavy atom. The molecule has 0 spiro atoms. The highest BCUT2D eigenvalue weighted by Crippen LogP contribution is 2.33. The molecule has 1 aromatic heterocycles. The summed E-state index contributed by atoms with van der Waals surface area (Å²) in [6, 6.07) is 11.1. The molecule has 2 amide bonds. The SMILES string of the molecule is CC(=O)N1C[C@@H](C(=O)NC[C@H](c2ccco2)N2CCCC2)Oc2ccccc21. The molecule has 2 atom stereocenters. The second kappa shape index (κ2) is 8.06. The summed E-state index contributed by atoms with van der Waals surface area (Å²) in [4.78, 5) is 28.8. The summed E-state index contributed by atoms with van der Waals surface area (Å²) in [5, 5.41) is 3.00. The van der Waals surface area contributed by atoms with Gasteiger partial charge in [-0.2, -0.15) is 0 Å². The first kappa shape index (κ1) is 18.6. The Kier molecular flexibility index (Phi) is 5.34. The van der Waals surface area contributed by atoms with Gasteiger partial charge < -0.3 is 19.4 Å². The number of para-hydroxylation sites is 2. The summed E-state index contributed by atoms with van der Waals surface area (Å²) in [5.41, 5.74) is 0.699. The number of hydrogen-bond donors (Lipinski definition) is 1. The second-order valence-electron chi connectivity index (χ2n) is 7.22. The van der Waals surface area contributed by atoms with Crippen LogP contribution in [0.25, 0.3) is 0 Å². The molecule has 4 rings (SSSR count). The Bertz CT molecular complexity index is 830. The van der Waals surface area contributed by atoms with Gasteiger partial charge in [0, 0.05) is 13.5 Å². The monoisotopic (exact) mass is 383 g/mol. The fourth-order valence-corrected chi connectivity index (χ4v) is 3.92. The lowest BCUT2D eigenvalue weighted by atomic mass is 10.1. The molecule has 2 aromatic rings. The zero-order valence-electron chi connectivity index (χ0n) is 16.0. The Balaban J connectivity index is 1.45. The Labute approximate surface area is 164 Å². The van der Waals surface area contributed by atoms with Gasteiger partial charge >= 0.3 is 0 Å². The smallest absolute Gasteiger partial charge is 0.263 e. The predicted molar refractivity (Wildman–Crippen MR) is 104 cm³/mol.